The van der Waals surface area contributed by atoms with Crippen LogP contribution in [0.25, 0.3) is 0 Å². The van der Waals surface area contributed by atoms with Gasteiger partial charge < -0.3 is 10.1 Å². The lowest BCUT2D eigenvalue weighted by molar-refractivity contribution is 0.302. The lowest BCUT2D eigenvalue weighted by Gasteiger charge is -2.13. The average molecular weight is 235 g/mol. The molecule has 0 saturated heterocycles. The molecule has 0 radical (unpaired) electrons. The van der Waals surface area contributed by atoms with Crippen molar-refractivity contribution in [1.82, 2.24) is 5.32 Å². The Morgan fingerprint density at radius 3 is 2.65 bits per heavy atom. The lowest BCUT2D eigenvalue weighted by atomic mass is 10.2. The lowest BCUT2D eigenvalue weighted by Crippen LogP contribution is -2.22. The summed E-state index contributed by atoms with van der Waals surface area (Å²) in [7, 11) is 0. The molecule has 0 unspecified atom stereocenters. The smallest absolute Gasteiger partial charge is 0.123 e. The summed E-state index contributed by atoms with van der Waals surface area (Å²) in [6.07, 6.45) is 3.62. The second kappa shape index (κ2) is 8.13. The third-order valence-corrected chi connectivity index (χ3v) is 2.68. The van der Waals surface area contributed by atoms with Crippen LogP contribution in [-0.2, 0) is 6.54 Å². The van der Waals surface area contributed by atoms with E-state index in [1.165, 1.54) is 18.4 Å². The van der Waals surface area contributed by atoms with Crippen LogP contribution in [0.5, 0.6) is 5.75 Å². The van der Waals surface area contributed by atoms with Gasteiger partial charge in [0.1, 0.15) is 5.75 Å². The molecule has 0 aliphatic carbocycles. The Hall–Kier alpha value is -1.02. The topological polar surface area (TPSA) is 21.3 Å². The monoisotopic (exact) mass is 235 g/mol. The van der Waals surface area contributed by atoms with Gasteiger partial charge in [0.2, 0.25) is 0 Å². The minimum atomic E-state index is 0.503. The van der Waals surface area contributed by atoms with E-state index in [4.69, 9.17) is 4.74 Å². The quantitative estimate of drug-likeness (QED) is 0.693. The number of para-hydroxylation sites is 1. The molecule has 1 aromatic carbocycles. The van der Waals surface area contributed by atoms with Crippen LogP contribution in [0.15, 0.2) is 24.3 Å². The maximum absolute atomic E-state index is 5.83. The van der Waals surface area contributed by atoms with Crippen molar-refractivity contribution in [2.24, 2.45) is 0 Å². The summed E-state index contributed by atoms with van der Waals surface area (Å²) in [4.78, 5) is 0. The van der Waals surface area contributed by atoms with Crippen LogP contribution in [0.3, 0.4) is 0 Å². The summed E-state index contributed by atoms with van der Waals surface area (Å²) in [5, 5.41) is 3.42. The Bertz CT molecular complexity index is 310. The van der Waals surface area contributed by atoms with Gasteiger partial charge in [0, 0.05) is 18.2 Å². The van der Waals surface area contributed by atoms with E-state index in [0.717, 1.165) is 25.3 Å². The van der Waals surface area contributed by atoms with Crippen molar-refractivity contribution in [3.05, 3.63) is 29.8 Å². The van der Waals surface area contributed by atoms with E-state index >= 15 is 0 Å². The highest BCUT2D eigenvalue weighted by Crippen LogP contribution is 2.18. The third kappa shape index (κ3) is 5.73. The maximum Gasteiger partial charge on any atom is 0.123 e. The van der Waals surface area contributed by atoms with Gasteiger partial charge in [-0.1, -0.05) is 51.8 Å². The number of rotatable bonds is 8. The van der Waals surface area contributed by atoms with E-state index in [0.29, 0.717) is 6.04 Å². The van der Waals surface area contributed by atoms with Crippen LogP contribution in [0.4, 0.5) is 0 Å². The van der Waals surface area contributed by atoms with E-state index in [9.17, 15) is 0 Å². The van der Waals surface area contributed by atoms with Crippen molar-refractivity contribution in [3.8, 4) is 5.75 Å². The van der Waals surface area contributed by atoms with E-state index in [1.807, 2.05) is 6.07 Å². The van der Waals surface area contributed by atoms with Crippen LogP contribution < -0.4 is 10.1 Å². The molecule has 0 amide bonds. The first-order chi connectivity index (χ1) is 8.24. The normalized spacial score (nSPS) is 10.8. The predicted octanol–water partition coefficient (Wildman–Crippen LogP) is 3.75. The van der Waals surface area contributed by atoms with Crippen molar-refractivity contribution in [3.63, 3.8) is 0 Å². The van der Waals surface area contributed by atoms with Crippen LogP contribution in [-0.4, -0.2) is 12.6 Å². The highest BCUT2D eigenvalue weighted by atomic mass is 16.5. The second-order valence-electron chi connectivity index (χ2n) is 4.70. The van der Waals surface area contributed by atoms with Gasteiger partial charge in [0.15, 0.2) is 0 Å². The van der Waals surface area contributed by atoms with E-state index in [2.05, 4.69) is 44.3 Å². The molecule has 0 aliphatic rings. The molecule has 2 nitrogen and oxygen atoms in total. The Morgan fingerprint density at radius 1 is 1.18 bits per heavy atom. The minimum Gasteiger partial charge on any atom is -0.493 e. The number of unbranched alkanes of at least 4 members (excludes halogenated alkanes) is 2. The Morgan fingerprint density at radius 2 is 1.94 bits per heavy atom. The van der Waals surface area contributed by atoms with E-state index in [-0.39, 0.29) is 0 Å². The molecule has 0 heterocycles. The standard InChI is InChI=1S/C15H25NO/c1-4-5-8-11-17-15-10-7-6-9-14(15)12-16-13(2)3/h6-7,9-10,13,16H,4-5,8,11-12H2,1-3H3. The third-order valence-electron chi connectivity index (χ3n) is 2.68. The average Bonchev–Trinajstić information content (AvgIpc) is 2.33. The molecule has 17 heavy (non-hydrogen) atoms. The number of hydrogen-bond donors (Lipinski definition) is 1. The van der Waals surface area contributed by atoms with Crippen molar-refractivity contribution < 1.29 is 4.74 Å². The van der Waals surface area contributed by atoms with Gasteiger partial charge >= 0.3 is 0 Å². The zero-order valence-corrected chi connectivity index (χ0v) is 11.3. The highest BCUT2D eigenvalue weighted by molar-refractivity contribution is 5.33. The summed E-state index contributed by atoms with van der Waals surface area (Å²) in [5.41, 5.74) is 1.25. The summed E-state index contributed by atoms with van der Waals surface area (Å²) in [5.74, 6) is 1.02. The van der Waals surface area contributed by atoms with Crippen LogP contribution in [0, 0.1) is 0 Å². The Labute approximate surface area is 105 Å². The molecule has 1 N–H and O–H groups in total. The molecule has 0 aromatic heterocycles. The van der Waals surface area contributed by atoms with E-state index < -0.39 is 0 Å². The first-order valence-corrected chi connectivity index (χ1v) is 6.68. The zero-order valence-electron chi connectivity index (χ0n) is 11.3. The highest BCUT2D eigenvalue weighted by Gasteiger charge is 2.03. The SMILES string of the molecule is CCCCCOc1ccccc1CNC(C)C. The van der Waals surface area contributed by atoms with Gasteiger partial charge in [-0.05, 0) is 12.5 Å². The molecule has 0 bridgehead atoms. The molecule has 0 spiro atoms. The Balaban J connectivity index is 2.46. The zero-order chi connectivity index (χ0) is 12.5. The molecular weight excluding hydrogens is 210 g/mol. The molecule has 0 atom stereocenters. The van der Waals surface area contributed by atoms with Crippen molar-refractivity contribution in [1.29, 1.82) is 0 Å². The van der Waals surface area contributed by atoms with Gasteiger partial charge in [-0.15, -0.1) is 0 Å². The summed E-state index contributed by atoms with van der Waals surface area (Å²) >= 11 is 0. The molecule has 1 aromatic rings. The van der Waals surface area contributed by atoms with Gasteiger partial charge in [-0.3, -0.25) is 0 Å². The molecular formula is C15H25NO. The number of benzene rings is 1. The number of ether oxygens (including phenoxy) is 1. The minimum absolute atomic E-state index is 0.503. The van der Waals surface area contributed by atoms with Gasteiger partial charge in [-0.25, -0.2) is 0 Å². The summed E-state index contributed by atoms with van der Waals surface area (Å²) < 4.78 is 5.83. The fourth-order valence-electron chi connectivity index (χ4n) is 1.64. The van der Waals surface area contributed by atoms with E-state index in [1.54, 1.807) is 0 Å². The summed E-state index contributed by atoms with van der Waals surface area (Å²) in [6, 6.07) is 8.79. The first-order valence-electron chi connectivity index (χ1n) is 6.68. The number of nitrogens with one attached hydrogen (secondary N) is 1. The molecule has 0 fully saturated rings. The van der Waals surface area contributed by atoms with Crippen molar-refractivity contribution in [2.75, 3.05) is 6.61 Å². The molecule has 0 aliphatic heterocycles. The van der Waals surface area contributed by atoms with Crippen LogP contribution >= 0.6 is 0 Å². The molecule has 96 valence electrons. The fraction of sp³-hybridized carbons (Fsp3) is 0.600. The Kier molecular flexibility index (Phi) is 6.71. The van der Waals surface area contributed by atoms with Gasteiger partial charge in [-0.2, -0.15) is 0 Å². The summed E-state index contributed by atoms with van der Waals surface area (Å²) in [6.45, 7) is 8.23. The van der Waals surface area contributed by atoms with Crippen molar-refractivity contribution >= 4 is 0 Å². The largest absolute Gasteiger partial charge is 0.493 e. The van der Waals surface area contributed by atoms with Crippen LogP contribution in [0.1, 0.15) is 45.6 Å². The first kappa shape index (κ1) is 14.0. The second-order valence-corrected chi connectivity index (χ2v) is 4.70. The van der Waals surface area contributed by atoms with Gasteiger partial charge in [0.05, 0.1) is 6.61 Å². The van der Waals surface area contributed by atoms with Crippen LogP contribution in [0.2, 0.25) is 0 Å². The van der Waals surface area contributed by atoms with Crippen molar-refractivity contribution in [2.45, 2.75) is 52.6 Å². The fourth-order valence-corrected chi connectivity index (χ4v) is 1.64. The number of hydrogen-bond acceptors (Lipinski definition) is 2. The molecule has 2 heteroatoms. The van der Waals surface area contributed by atoms with Gasteiger partial charge in [0.25, 0.3) is 0 Å². The maximum atomic E-state index is 5.83. The predicted molar refractivity (Wildman–Crippen MR) is 73.4 cm³/mol. The molecule has 1 rings (SSSR count). The molecule has 0 saturated carbocycles.